The number of aromatic amines is 1. The van der Waals surface area contributed by atoms with E-state index in [0.29, 0.717) is 17.8 Å². The molecule has 1 aromatic rings. The topological polar surface area (TPSA) is 91.1 Å². The molecule has 2 rings (SSSR count). The minimum absolute atomic E-state index is 0.259. The minimum Gasteiger partial charge on any atom is -0.396 e. The Kier molecular flexibility index (Phi) is 2.53. The van der Waals surface area contributed by atoms with Gasteiger partial charge in [-0.2, -0.15) is 4.98 Å². The van der Waals surface area contributed by atoms with Gasteiger partial charge in [-0.1, -0.05) is 0 Å². The molecule has 1 aromatic heterocycles. The Balaban J connectivity index is 1.95. The zero-order valence-electron chi connectivity index (χ0n) is 7.98. The first kappa shape index (κ1) is 9.26. The summed E-state index contributed by atoms with van der Waals surface area (Å²) in [6, 6.07) is 0. The number of H-pyrrole nitrogens is 1. The van der Waals surface area contributed by atoms with Crippen molar-refractivity contribution in [2.24, 2.45) is 5.92 Å². The summed E-state index contributed by atoms with van der Waals surface area (Å²) in [6.07, 6.45) is 1.95. The number of rotatable bonds is 3. The van der Waals surface area contributed by atoms with E-state index in [0.717, 1.165) is 25.9 Å². The SMILES string of the molecule is Nc1nc(N2CCC(CCO)C2)n[nH]1. The highest BCUT2D eigenvalue weighted by molar-refractivity contribution is 5.35. The Bertz CT molecular complexity index is 300. The van der Waals surface area contributed by atoms with Crippen molar-refractivity contribution >= 4 is 11.9 Å². The van der Waals surface area contributed by atoms with E-state index in [1.54, 1.807) is 0 Å². The van der Waals surface area contributed by atoms with Crippen LogP contribution >= 0.6 is 0 Å². The highest BCUT2D eigenvalue weighted by atomic mass is 16.3. The monoisotopic (exact) mass is 197 g/mol. The van der Waals surface area contributed by atoms with Crippen LogP contribution in [0, 0.1) is 5.92 Å². The molecule has 78 valence electrons. The number of hydrogen-bond donors (Lipinski definition) is 3. The molecular weight excluding hydrogens is 182 g/mol. The first-order chi connectivity index (χ1) is 6.79. The molecule has 6 nitrogen and oxygen atoms in total. The van der Waals surface area contributed by atoms with Crippen LogP contribution in [-0.2, 0) is 0 Å². The van der Waals surface area contributed by atoms with Gasteiger partial charge in [-0.3, -0.25) is 0 Å². The van der Waals surface area contributed by atoms with Crippen molar-refractivity contribution in [1.29, 1.82) is 0 Å². The van der Waals surface area contributed by atoms with Crippen molar-refractivity contribution in [3.63, 3.8) is 0 Å². The summed E-state index contributed by atoms with van der Waals surface area (Å²) in [7, 11) is 0. The van der Waals surface area contributed by atoms with E-state index in [2.05, 4.69) is 20.1 Å². The van der Waals surface area contributed by atoms with Gasteiger partial charge in [-0.25, -0.2) is 5.10 Å². The average Bonchev–Trinajstić information content (AvgIpc) is 2.74. The second-order valence-corrected chi connectivity index (χ2v) is 3.63. The van der Waals surface area contributed by atoms with Crippen molar-refractivity contribution in [3.05, 3.63) is 0 Å². The summed E-state index contributed by atoms with van der Waals surface area (Å²) < 4.78 is 0. The molecule has 0 spiro atoms. The van der Waals surface area contributed by atoms with Crippen molar-refractivity contribution in [2.45, 2.75) is 12.8 Å². The number of aliphatic hydroxyl groups excluding tert-OH is 1. The second kappa shape index (κ2) is 3.83. The van der Waals surface area contributed by atoms with E-state index in [9.17, 15) is 0 Å². The number of nitrogens with one attached hydrogen (secondary N) is 1. The molecule has 1 aliphatic heterocycles. The quantitative estimate of drug-likeness (QED) is 0.613. The molecule has 0 radical (unpaired) electrons. The van der Waals surface area contributed by atoms with Gasteiger partial charge in [0.25, 0.3) is 0 Å². The third-order valence-electron chi connectivity index (χ3n) is 2.60. The van der Waals surface area contributed by atoms with Gasteiger partial charge in [-0.05, 0) is 18.8 Å². The van der Waals surface area contributed by atoms with Gasteiger partial charge in [-0.15, -0.1) is 5.10 Å². The Morgan fingerprint density at radius 3 is 3.14 bits per heavy atom. The number of nitrogens with two attached hydrogens (primary N) is 1. The number of aromatic nitrogens is 3. The number of nitrogen functional groups attached to an aromatic ring is 1. The normalized spacial score (nSPS) is 21.8. The highest BCUT2D eigenvalue weighted by Gasteiger charge is 2.24. The fraction of sp³-hybridized carbons (Fsp3) is 0.750. The van der Waals surface area contributed by atoms with Gasteiger partial charge < -0.3 is 15.7 Å². The zero-order chi connectivity index (χ0) is 9.97. The van der Waals surface area contributed by atoms with Gasteiger partial charge >= 0.3 is 0 Å². The van der Waals surface area contributed by atoms with Crippen LogP contribution in [0.25, 0.3) is 0 Å². The summed E-state index contributed by atoms with van der Waals surface area (Å²) in [5.74, 6) is 1.58. The predicted octanol–water partition coefficient (Wildman–Crippen LogP) is -0.404. The molecule has 14 heavy (non-hydrogen) atoms. The van der Waals surface area contributed by atoms with E-state index in [4.69, 9.17) is 10.8 Å². The smallest absolute Gasteiger partial charge is 0.246 e. The van der Waals surface area contributed by atoms with E-state index in [-0.39, 0.29) is 6.61 Å². The summed E-state index contributed by atoms with van der Waals surface area (Å²) in [4.78, 5) is 6.15. The van der Waals surface area contributed by atoms with Crippen molar-refractivity contribution in [3.8, 4) is 0 Å². The Labute approximate surface area is 82.1 Å². The lowest BCUT2D eigenvalue weighted by molar-refractivity contribution is 0.263. The van der Waals surface area contributed by atoms with Gasteiger partial charge in [0.15, 0.2) is 0 Å². The van der Waals surface area contributed by atoms with Crippen LogP contribution in [0.3, 0.4) is 0 Å². The van der Waals surface area contributed by atoms with Crippen LogP contribution in [-0.4, -0.2) is 40.0 Å². The number of aliphatic hydroxyl groups is 1. The van der Waals surface area contributed by atoms with Crippen molar-refractivity contribution in [1.82, 2.24) is 15.2 Å². The van der Waals surface area contributed by atoms with Crippen LogP contribution < -0.4 is 10.6 Å². The first-order valence-corrected chi connectivity index (χ1v) is 4.83. The number of hydrogen-bond acceptors (Lipinski definition) is 5. The molecule has 0 saturated carbocycles. The van der Waals surface area contributed by atoms with E-state index >= 15 is 0 Å². The predicted molar refractivity (Wildman–Crippen MR) is 52.8 cm³/mol. The Hall–Kier alpha value is -1.30. The average molecular weight is 197 g/mol. The molecule has 0 bridgehead atoms. The van der Waals surface area contributed by atoms with Crippen LogP contribution in [0.2, 0.25) is 0 Å². The molecule has 1 saturated heterocycles. The van der Waals surface area contributed by atoms with Gasteiger partial charge in [0.1, 0.15) is 0 Å². The van der Waals surface area contributed by atoms with Crippen LogP contribution in [0.15, 0.2) is 0 Å². The Morgan fingerprint density at radius 1 is 1.64 bits per heavy atom. The fourth-order valence-corrected chi connectivity index (χ4v) is 1.84. The number of anilines is 2. The lowest BCUT2D eigenvalue weighted by Gasteiger charge is -2.12. The molecule has 1 fully saturated rings. The third-order valence-corrected chi connectivity index (χ3v) is 2.60. The van der Waals surface area contributed by atoms with Crippen molar-refractivity contribution in [2.75, 3.05) is 30.3 Å². The van der Waals surface area contributed by atoms with E-state index in [1.165, 1.54) is 0 Å². The molecule has 0 aromatic carbocycles. The lowest BCUT2D eigenvalue weighted by Crippen LogP contribution is -2.21. The molecule has 6 heteroatoms. The van der Waals surface area contributed by atoms with Crippen molar-refractivity contribution < 1.29 is 5.11 Å². The van der Waals surface area contributed by atoms with Crippen LogP contribution in [0.4, 0.5) is 11.9 Å². The molecule has 2 heterocycles. The molecule has 0 amide bonds. The largest absolute Gasteiger partial charge is 0.396 e. The molecule has 1 atom stereocenters. The van der Waals surface area contributed by atoms with Crippen LogP contribution in [0.5, 0.6) is 0 Å². The summed E-state index contributed by atoms with van der Waals surface area (Å²) in [5.41, 5.74) is 5.44. The van der Waals surface area contributed by atoms with Gasteiger partial charge in [0.05, 0.1) is 0 Å². The fourth-order valence-electron chi connectivity index (χ4n) is 1.84. The molecular formula is C8H15N5O. The summed E-state index contributed by atoms with van der Waals surface area (Å²) in [5, 5.41) is 15.4. The van der Waals surface area contributed by atoms with Gasteiger partial charge in [0, 0.05) is 19.7 Å². The molecule has 1 unspecified atom stereocenters. The summed E-state index contributed by atoms with van der Waals surface area (Å²) in [6.45, 7) is 2.12. The standard InChI is InChI=1S/C8H15N5O/c9-7-10-8(12-11-7)13-3-1-6(5-13)2-4-14/h6,14H,1-5H2,(H3,9,10,11,12). The maximum absolute atomic E-state index is 8.81. The maximum Gasteiger partial charge on any atom is 0.246 e. The maximum atomic E-state index is 8.81. The third kappa shape index (κ3) is 1.79. The first-order valence-electron chi connectivity index (χ1n) is 4.83. The highest BCUT2D eigenvalue weighted by Crippen LogP contribution is 2.22. The van der Waals surface area contributed by atoms with Gasteiger partial charge in [0.2, 0.25) is 11.9 Å². The lowest BCUT2D eigenvalue weighted by atomic mass is 10.1. The minimum atomic E-state index is 0.259. The Morgan fingerprint density at radius 2 is 2.50 bits per heavy atom. The van der Waals surface area contributed by atoms with E-state index < -0.39 is 0 Å². The molecule has 0 aliphatic carbocycles. The number of nitrogens with zero attached hydrogens (tertiary/aromatic N) is 3. The zero-order valence-corrected chi connectivity index (χ0v) is 7.98. The van der Waals surface area contributed by atoms with E-state index in [1.807, 2.05) is 0 Å². The van der Waals surface area contributed by atoms with Crippen LogP contribution in [0.1, 0.15) is 12.8 Å². The molecule has 4 N–H and O–H groups in total. The molecule has 1 aliphatic rings. The summed E-state index contributed by atoms with van der Waals surface area (Å²) >= 11 is 0. The second-order valence-electron chi connectivity index (χ2n) is 3.63.